The first-order valence-corrected chi connectivity index (χ1v) is 6.87. The lowest BCUT2D eigenvalue weighted by Crippen LogP contribution is -2.63. The first-order chi connectivity index (χ1) is 8.45. The van der Waals surface area contributed by atoms with Gasteiger partial charge in [-0.3, -0.25) is 0 Å². The highest BCUT2D eigenvalue weighted by Gasteiger charge is 2.54. The lowest BCUT2D eigenvalue weighted by Gasteiger charge is -2.53. The molecule has 0 aromatic rings. The maximum absolute atomic E-state index is 6.26. The van der Waals surface area contributed by atoms with Crippen LogP contribution in [0.15, 0.2) is 0 Å². The predicted molar refractivity (Wildman–Crippen MR) is 74.9 cm³/mol. The standard InChI is InChI=1S/C15H30O4/c1-13(2,3)10-11(14(4,5)6)19-15(7,17-9)12(16-8)18-10/h10-12H,1-9H3/t10?,11?,12-,15-/m1/s1. The molecule has 0 aromatic carbocycles. The van der Waals surface area contributed by atoms with E-state index >= 15 is 0 Å². The van der Waals surface area contributed by atoms with Crippen molar-refractivity contribution in [2.75, 3.05) is 14.2 Å². The van der Waals surface area contributed by atoms with E-state index in [4.69, 9.17) is 18.9 Å². The van der Waals surface area contributed by atoms with Gasteiger partial charge in [-0.25, -0.2) is 0 Å². The molecular formula is C15H30O4. The Labute approximate surface area is 117 Å². The van der Waals surface area contributed by atoms with Crippen LogP contribution in [0.3, 0.4) is 0 Å². The summed E-state index contributed by atoms with van der Waals surface area (Å²) in [5.74, 6) is -0.881. The highest BCUT2D eigenvalue weighted by Crippen LogP contribution is 2.43. The Balaban J connectivity index is 3.12. The van der Waals surface area contributed by atoms with Crippen molar-refractivity contribution in [2.45, 2.75) is 72.8 Å². The molecule has 4 atom stereocenters. The zero-order valence-corrected chi connectivity index (χ0v) is 13.9. The molecule has 0 aromatic heterocycles. The molecule has 0 amide bonds. The molecule has 1 aliphatic heterocycles. The molecule has 1 rings (SSSR count). The molecule has 4 heteroatoms. The average molecular weight is 274 g/mol. The first kappa shape index (κ1) is 16.9. The van der Waals surface area contributed by atoms with Crippen LogP contribution in [0.2, 0.25) is 0 Å². The van der Waals surface area contributed by atoms with E-state index in [2.05, 4.69) is 41.5 Å². The Morgan fingerprint density at radius 3 is 1.68 bits per heavy atom. The largest absolute Gasteiger partial charge is 0.351 e. The highest BCUT2D eigenvalue weighted by molar-refractivity contribution is 4.95. The maximum Gasteiger partial charge on any atom is 0.217 e. The second-order valence-corrected chi connectivity index (χ2v) is 7.61. The maximum atomic E-state index is 6.26. The molecule has 0 spiro atoms. The van der Waals surface area contributed by atoms with Crippen molar-refractivity contribution >= 4 is 0 Å². The van der Waals surface area contributed by atoms with Gasteiger partial charge in [-0.05, 0) is 17.8 Å². The Bertz CT molecular complexity index is 302. The summed E-state index contributed by atoms with van der Waals surface area (Å²) in [6.45, 7) is 14.8. The minimum Gasteiger partial charge on any atom is -0.351 e. The summed E-state index contributed by atoms with van der Waals surface area (Å²) in [4.78, 5) is 0. The van der Waals surface area contributed by atoms with E-state index in [0.29, 0.717) is 0 Å². The van der Waals surface area contributed by atoms with Gasteiger partial charge in [0.2, 0.25) is 12.1 Å². The fraction of sp³-hybridized carbons (Fsp3) is 1.00. The molecule has 114 valence electrons. The summed E-state index contributed by atoms with van der Waals surface area (Å²) in [6.07, 6.45) is -0.648. The van der Waals surface area contributed by atoms with E-state index in [-0.39, 0.29) is 23.0 Å². The summed E-state index contributed by atoms with van der Waals surface area (Å²) >= 11 is 0. The van der Waals surface area contributed by atoms with Gasteiger partial charge >= 0.3 is 0 Å². The highest BCUT2D eigenvalue weighted by atomic mass is 16.8. The van der Waals surface area contributed by atoms with Crippen molar-refractivity contribution in [3.8, 4) is 0 Å². The van der Waals surface area contributed by atoms with Crippen molar-refractivity contribution in [2.24, 2.45) is 10.8 Å². The Kier molecular flexibility index (Phi) is 4.73. The van der Waals surface area contributed by atoms with Gasteiger partial charge in [0.05, 0.1) is 12.2 Å². The molecule has 1 aliphatic rings. The number of rotatable bonds is 2. The predicted octanol–water partition coefficient (Wildman–Crippen LogP) is 3.20. The third kappa shape index (κ3) is 3.48. The molecular weight excluding hydrogens is 244 g/mol. The van der Waals surface area contributed by atoms with Crippen LogP contribution in [-0.2, 0) is 18.9 Å². The van der Waals surface area contributed by atoms with Crippen LogP contribution in [-0.4, -0.2) is 38.5 Å². The van der Waals surface area contributed by atoms with Crippen LogP contribution in [0.25, 0.3) is 0 Å². The van der Waals surface area contributed by atoms with Crippen LogP contribution in [0.1, 0.15) is 48.5 Å². The van der Waals surface area contributed by atoms with Crippen molar-refractivity contribution in [3.05, 3.63) is 0 Å². The summed E-state index contributed by atoms with van der Waals surface area (Å²) in [5, 5.41) is 0. The van der Waals surface area contributed by atoms with E-state index in [1.54, 1.807) is 14.2 Å². The molecule has 1 fully saturated rings. The van der Waals surface area contributed by atoms with Crippen LogP contribution >= 0.6 is 0 Å². The third-order valence-corrected chi connectivity index (χ3v) is 3.66. The SMILES string of the molecule is CO[C@@H]1OC(C(C)(C)C)C(C(C)(C)C)O[C@@]1(C)OC. The lowest BCUT2D eigenvalue weighted by atomic mass is 9.75. The second-order valence-electron chi connectivity index (χ2n) is 7.61. The number of methoxy groups -OCH3 is 2. The molecule has 0 N–H and O–H groups in total. The number of hydrogen-bond donors (Lipinski definition) is 0. The van der Waals surface area contributed by atoms with Crippen LogP contribution in [0, 0.1) is 10.8 Å². The summed E-state index contributed by atoms with van der Waals surface area (Å²) in [7, 11) is 3.23. The van der Waals surface area contributed by atoms with E-state index in [9.17, 15) is 0 Å². The smallest absolute Gasteiger partial charge is 0.217 e. The molecule has 1 heterocycles. The van der Waals surface area contributed by atoms with Crippen molar-refractivity contribution in [1.29, 1.82) is 0 Å². The van der Waals surface area contributed by atoms with Gasteiger partial charge in [-0.1, -0.05) is 41.5 Å². The summed E-state index contributed by atoms with van der Waals surface area (Å²) in [6, 6.07) is 0. The lowest BCUT2D eigenvalue weighted by molar-refractivity contribution is -0.421. The molecule has 2 unspecified atom stereocenters. The van der Waals surface area contributed by atoms with E-state index < -0.39 is 12.1 Å². The van der Waals surface area contributed by atoms with Gasteiger partial charge in [0.15, 0.2) is 0 Å². The fourth-order valence-electron chi connectivity index (χ4n) is 2.40. The van der Waals surface area contributed by atoms with Gasteiger partial charge in [-0.15, -0.1) is 0 Å². The van der Waals surface area contributed by atoms with Crippen molar-refractivity contribution in [3.63, 3.8) is 0 Å². The Hall–Kier alpha value is -0.160. The number of hydrogen-bond acceptors (Lipinski definition) is 4. The quantitative estimate of drug-likeness (QED) is 0.775. The molecule has 0 bridgehead atoms. The van der Waals surface area contributed by atoms with Crippen LogP contribution in [0.4, 0.5) is 0 Å². The van der Waals surface area contributed by atoms with E-state index in [1.807, 2.05) is 6.92 Å². The zero-order valence-electron chi connectivity index (χ0n) is 13.9. The first-order valence-electron chi connectivity index (χ1n) is 6.87. The monoisotopic (exact) mass is 274 g/mol. The number of ether oxygens (including phenoxy) is 4. The van der Waals surface area contributed by atoms with Gasteiger partial charge in [0.1, 0.15) is 0 Å². The van der Waals surface area contributed by atoms with Gasteiger partial charge in [0.25, 0.3) is 0 Å². The van der Waals surface area contributed by atoms with E-state index in [1.165, 1.54) is 0 Å². The van der Waals surface area contributed by atoms with Gasteiger partial charge in [-0.2, -0.15) is 0 Å². The Morgan fingerprint density at radius 2 is 1.37 bits per heavy atom. The third-order valence-electron chi connectivity index (χ3n) is 3.66. The minimum atomic E-state index is -0.881. The van der Waals surface area contributed by atoms with E-state index in [0.717, 1.165) is 0 Å². The average Bonchev–Trinajstić information content (AvgIpc) is 2.25. The van der Waals surface area contributed by atoms with Crippen molar-refractivity contribution in [1.82, 2.24) is 0 Å². The van der Waals surface area contributed by atoms with Crippen LogP contribution in [0.5, 0.6) is 0 Å². The molecule has 19 heavy (non-hydrogen) atoms. The molecule has 1 saturated heterocycles. The molecule has 0 radical (unpaired) electrons. The van der Waals surface area contributed by atoms with Gasteiger partial charge in [0, 0.05) is 14.2 Å². The van der Waals surface area contributed by atoms with Crippen LogP contribution < -0.4 is 0 Å². The molecule has 4 nitrogen and oxygen atoms in total. The molecule has 0 saturated carbocycles. The summed E-state index contributed by atoms with van der Waals surface area (Å²) in [5.41, 5.74) is -0.0831. The van der Waals surface area contributed by atoms with Crippen molar-refractivity contribution < 1.29 is 18.9 Å². The normalized spacial score (nSPS) is 37.4. The van der Waals surface area contributed by atoms with Gasteiger partial charge < -0.3 is 18.9 Å². The molecule has 0 aliphatic carbocycles. The Morgan fingerprint density at radius 1 is 0.895 bits per heavy atom. The zero-order chi connectivity index (χ0) is 15.1. The fourth-order valence-corrected chi connectivity index (χ4v) is 2.40. The minimum absolute atomic E-state index is 0.0379. The second kappa shape index (κ2) is 5.32. The summed E-state index contributed by atoms with van der Waals surface area (Å²) < 4.78 is 23.3. The topological polar surface area (TPSA) is 36.9 Å².